The van der Waals surface area contributed by atoms with E-state index in [-0.39, 0.29) is 16.7 Å². The molecule has 31 heavy (non-hydrogen) atoms. The molecule has 0 atom stereocenters. The second-order valence-corrected chi connectivity index (χ2v) is 11.2. The highest BCUT2D eigenvalue weighted by Crippen LogP contribution is 2.23. The van der Waals surface area contributed by atoms with E-state index in [2.05, 4.69) is 0 Å². The van der Waals surface area contributed by atoms with Gasteiger partial charge in [-0.25, -0.2) is 8.42 Å². The van der Waals surface area contributed by atoms with E-state index in [1.54, 1.807) is 28.0 Å². The van der Waals surface area contributed by atoms with Crippen molar-refractivity contribution in [2.75, 3.05) is 39.3 Å². The number of amides is 2. The molecule has 0 bridgehead atoms. The molecule has 166 valence electrons. The number of rotatable bonds is 4. The Bertz CT molecular complexity index is 1070. The zero-order valence-electron chi connectivity index (χ0n) is 17.6. The summed E-state index contributed by atoms with van der Waals surface area (Å²) in [5.41, 5.74) is 0.367. The van der Waals surface area contributed by atoms with Gasteiger partial charge in [0.25, 0.3) is 11.8 Å². The average molecular weight is 462 g/mol. The van der Waals surface area contributed by atoms with E-state index in [0.29, 0.717) is 49.7 Å². The van der Waals surface area contributed by atoms with Crippen LogP contribution in [0.1, 0.15) is 44.2 Å². The third kappa shape index (κ3) is 4.68. The van der Waals surface area contributed by atoms with Crippen LogP contribution in [0.3, 0.4) is 0 Å². The molecule has 0 aliphatic carbocycles. The molecule has 2 amide bonds. The summed E-state index contributed by atoms with van der Waals surface area (Å²) in [5, 5.41) is 0. The van der Waals surface area contributed by atoms with E-state index in [1.165, 1.54) is 21.7 Å². The molecule has 0 unspecified atom stereocenters. The first kappa shape index (κ1) is 22.0. The molecule has 2 saturated heterocycles. The summed E-state index contributed by atoms with van der Waals surface area (Å²) >= 11 is 1.48. The Morgan fingerprint density at radius 3 is 2.10 bits per heavy atom. The van der Waals surface area contributed by atoms with E-state index in [1.807, 2.05) is 19.1 Å². The van der Waals surface area contributed by atoms with E-state index in [9.17, 15) is 18.0 Å². The summed E-state index contributed by atoms with van der Waals surface area (Å²) < 4.78 is 27.4. The number of carbonyl (C=O) groups excluding carboxylic acids is 2. The molecule has 2 aliphatic heterocycles. The number of hydrogen-bond acceptors (Lipinski definition) is 5. The Balaban J connectivity index is 1.42. The van der Waals surface area contributed by atoms with Crippen molar-refractivity contribution in [3.05, 3.63) is 51.7 Å². The minimum Gasteiger partial charge on any atom is -0.335 e. The van der Waals surface area contributed by atoms with Crippen LogP contribution in [0, 0.1) is 6.92 Å². The third-order valence-corrected chi connectivity index (χ3v) is 8.72. The van der Waals surface area contributed by atoms with Crippen molar-refractivity contribution in [1.29, 1.82) is 0 Å². The number of piperazine rings is 1. The maximum atomic E-state index is 13.0. The molecule has 3 heterocycles. The largest absolute Gasteiger partial charge is 0.335 e. The molecule has 0 N–H and O–H groups in total. The smallest absolute Gasteiger partial charge is 0.264 e. The Labute approximate surface area is 187 Å². The fourth-order valence-electron chi connectivity index (χ4n) is 4.04. The van der Waals surface area contributed by atoms with Gasteiger partial charge in [-0.15, -0.1) is 11.3 Å². The van der Waals surface area contributed by atoms with Crippen molar-refractivity contribution in [3.8, 4) is 0 Å². The van der Waals surface area contributed by atoms with Crippen LogP contribution in [-0.2, 0) is 10.0 Å². The maximum Gasteiger partial charge on any atom is 0.264 e. The fourth-order valence-corrected chi connectivity index (χ4v) is 6.44. The Morgan fingerprint density at radius 2 is 1.48 bits per heavy atom. The third-order valence-electron chi connectivity index (χ3n) is 5.84. The van der Waals surface area contributed by atoms with Crippen LogP contribution in [0.4, 0.5) is 0 Å². The summed E-state index contributed by atoms with van der Waals surface area (Å²) in [6.45, 7) is 4.81. The molecule has 1 aromatic heterocycles. The second kappa shape index (κ2) is 9.10. The fraction of sp³-hybridized carbons (Fsp3) is 0.455. The topological polar surface area (TPSA) is 78.0 Å². The van der Waals surface area contributed by atoms with Crippen LogP contribution in [0.25, 0.3) is 0 Å². The van der Waals surface area contributed by atoms with Gasteiger partial charge < -0.3 is 9.80 Å². The molecule has 2 fully saturated rings. The molecule has 4 rings (SSSR count). The molecule has 2 aromatic rings. The van der Waals surface area contributed by atoms with Crippen LogP contribution < -0.4 is 0 Å². The van der Waals surface area contributed by atoms with Crippen molar-refractivity contribution < 1.29 is 18.0 Å². The highest BCUT2D eigenvalue weighted by molar-refractivity contribution is 7.89. The van der Waals surface area contributed by atoms with Gasteiger partial charge in [0, 0.05) is 49.7 Å². The van der Waals surface area contributed by atoms with Crippen molar-refractivity contribution in [1.82, 2.24) is 14.1 Å². The SMILES string of the molecule is Cc1ccc(C(=O)N2CCN(C(=O)c3cccc(S(=O)(=O)N4CCCCC4)c3)CC2)s1. The molecular formula is C22H27N3O4S2. The van der Waals surface area contributed by atoms with Gasteiger partial charge in [-0.3, -0.25) is 9.59 Å². The quantitative estimate of drug-likeness (QED) is 0.702. The first-order chi connectivity index (χ1) is 14.9. The number of thiophene rings is 1. The van der Waals surface area contributed by atoms with Crippen molar-refractivity contribution in [2.24, 2.45) is 0 Å². The Kier molecular flexibility index (Phi) is 6.45. The van der Waals surface area contributed by atoms with Gasteiger partial charge in [0.2, 0.25) is 10.0 Å². The van der Waals surface area contributed by atoms with Gasteiger partial charge in [0.05, 0.1) is 9.77 Å². The molecule has 0 saturated carbocycles. The Hall–Kier alpha value is -2.23. The zero-order valence-corrected chi connectivity index (χ0v) is 19.3. The highest BCUT2D eigenvalue weighted by Gasteiger charge is 2.29. The van der Waals surface area contributed by atoms with Crippen LogP contribution >= 0.6 is 11.3 Å². The normalized spacial score (nSPS) is 18.2. The lowest BCUT2D eigenvalue weighted by molar-refractivity contribution is 0.0538. The summed E-state index contributed by atoms with van der Waals surface area (Å²) in [6.07, 6.45) is 2.78. The van der Waals surface area contributed by atoms with Crippen LogP contribution in [0.5, 0.6) is 0 Å². The number of aryl methyl sites for hydroxylation is 1. The van der Waals surface area contributed by atoms with Crippen LogP contribution in [0.15, 0.2) is 41.3 Å². The molecule has 2 aliphatic rings. The lowest BCUT2D eigenvalue weighted by Crippen LogP contribution is -2.50. The first-order valence-electron chi connectivity index (χ1n) is 10.6. The lowest BCUT2D eigenvalue weighted by Gasteiger charge is -2.34. The van der Waals surface area contributed by atoms with Crippen molar-refractivity contribution in [3.63, 3.8) is 0 Å². The van der Waals surface area contributed by atoms with Gasteiger partial charge in [-0.1, -0.05) is 12.5 Å². The number of benzene rings is 1. The lowest BCUT2D eigenvalue weighted by atomic mass is 10.2. The molecule has 1 aromatic carbocycles. The minimum atomic E-state index is -3.59. The number of nitrogens with zero attached hydrogens (tertiary/aromatic N) is 3. The standard InChI is InChI=1S/C22H27N3O4S2/c1-17-8-9-20(30-17)22(27)24-14-12-23(13-15-24)21(26)18-6-5-7-19(16-18)31(28,29)25-10-3-2-4-11-25/h5-9,16H,2-4,10-15H2,1H3. The van der Waals surface area contributed by atoms with Gasteiger partial charge >= 0.3 is 0 Å². The maximum absolute atomic E-state index is 13.0. The number of hydrogen-bond donors (Lipinski definition) is 0. The summed E-state index contributed by atoms with van der Waals surface area (Å²) in [6, 6.07) is 10.1. The van der Waals surface area contributed by atoms with Gasteiger partial charge in [-0.05, 0) is 50.1 Å². The zero-order chi connectivity index (χ0) is 22.0. The van der Waals surface area contributed by atoms with Crippen molar-refractivity contribution in [2.45, 2.75) is 31.1 Å². The number of sulfonamides is 1. The van der Waals surface area contributed by atoms with Gasteiger partial charge in [0.15, 0.2) is 0 Å². The Morgan fingerprint density at radius 1 is 0.839 bits per heavy atom. The molecular weight excluding hydrogens is 434 g/mol. The predicted molar refractivity (Wildman–Crippen MR) is 120 cm³/mol. The summed E-state index contributed by atoms with van der Waals surface area (Å²) in [4.78, 5) is 31.1. The molecule has 0 radical (unpaired) electrons. The van der Waals surface area contributed by atoms with E-state index in [4.69, 9.17) is 0 Å². The summed E-state index contributed by atoms with van der Waals surface area (Å²) in [5.74, 6) is -0.199. The number of carbonyl (C=O) groups is 2. The minimum absolute atomic E-state index is 0.000165. The van der Waals surface area contributed by atoms with Gasteiger partial charge in [-0.2, -0.15) is 4.31 Å². The average Bonchev–Trinajstić information content (AvgIpc) is 3.25. The van der Waals surface area contributed by atoms with Crippen LogP contribution in [0.2, 0.25) is 0 Å². The molecule has 9 heteroatoms. The van der Waals surface area contributed by atoms with Crippen LogP contribution in [-0.4, -0.2) is 73.6 Å². The van der Waals surface area contributed by atoms with Crippen molar-refractivity contribution >= 4 is 33.2 Å². The second-order valence-electron chi connectivity index (χ2n) is 7.99. The summed E-state index contributed by atoms with van der Waals surface area (Å²) in [7, 11) is -3.59. The monoisotopic (exact) mass is 461 g/mol. The van der Waals surface area contributed by atoms with E-state index < -0.39 is 10.0 Å². The molecule has 7 nitrogen and oxygen atoms in total. The molecule has 0 spiro atoms. The van der Waals surface area contributed by atoms with E-state index >= 15 is 0 Å². The first-order valence-corrected chi connectivity index (χ1v) is 12.9. The van der Waals surface area contributed by atoms with Gasteiger partial charge in [0.1, 0.15) is 0 Å². The number of piperidine rings is 1. The predicted octanol–water partition coefficient (Wildman–Crippen LogP) is 2.83. The van der Waals surface area contributed by atoms with E-state index in [0.717, 1.165) is 24.1 Å². The highest BCUT2D eigenvalue weighted by atomic mass is 32.2.